The van der Waals surface area contributed by atoms with Crippen molar-refractivity contribution >= 4 is 6.29 Å². The van der Waals surface area contributed by atoms with Gasteiger partial charge in [-0.1, -0.05) is 0 Å². The minimum absolute atomic E-state index is 0.118. The van der Waals surface area contributed by atoms with Crippen LogP contribution in [0.1, 0.15) is 12.8 Å². The normalized spacial score (nSPS) is 28.2. The van der Waals surface area contributed by atoms with Crippen molar-refractivity contribution in [1.29, 1.82) is 0 Å². The molecule has 1 aliphatic heterocycles. The molecule has 0 saturated carbocycles. The van der Waals surface area contributed by atoms with Crippen LogP contribution in [-0.2, 0) is 9.53 Å². The van der Waals surface area contributed by atoms with Gasteiger partial charge in [-0.15, -0.1) is 0 Å². The van der Waals surface area contributed by atoms with E-state index in [1.54, 1.807) is 0 Å². The average molecular weight is 113 g/mol. The average Bonchev–Trinajstić information content (AvgIpc) is 2.19. The van der Waals surface area contributed by atoms with Gasteiger partial charge in [-0.25, -0.2) is 0 Å². The van der Waals surface area contributed by atoms with E-state index in [2.05, 4.69) is 0 Å². The van der Waals surface area contributed by atoms with Gasteiger partial charge in [0.15, 0.2) is 0 Å². The van der Waals surface area contributed by atoms with Crippen molar-refractivity contribution < 1.29 is 9.53 Å². The van der Waals surface area contributed by atoms with Crippen LogP contribution in [0.25, 0.3) is 0 Å². The van der Waals surface area contributed by atoms with Crippen molar-refractivity contribution in [2.45, 2.75) is 18.9 Å². The predicted molar refractivity (Wildman–Crippen MR) is 29.3 cm³/mol. The van der Waals surface area contributed by atoms with Crippen molar-refractivity contribution in [2.24, 2.45) is 0 Å². The van der Waals surface area contributed by atoms with Gasteiger partial charge in [0, 0.05) is 13.0 Å². The zero-order chi connectivity index (χ0) is 5.82. The molecule has 8 heavy (non-hydrogen) atoms. The van der Waals surface area contributed by atoms with Gasteiger partial charge in [0.2, 0.25) is 0 Å². The number of carbonyl (C=O) groups excluding carboxylic acids is 1. The standard InChI is InChI=1S/C6H9O2/c7-4-3-6-2-1-5-8-6/h2,4,6H,1,3,5H2. The fraction of sp³-hybridized carbons (Fsp3) is 0.667. The number of ether oxygens (including phenoxy) is 1. The SMILES string of the molecule is O=CCC1[CH]CCO1. The van der Waals surface area contributed by atoms with E-state index in [0.717, 1.165) is 19.3 Å². The van der Waals surface area contributed by atoms with Gasteiger partial charge in [-0.05, 0) is 12.8 Å². The highest BCUT2D eigenvalue weighted by atomic mass is 16.5. The van der Waals surface area contributed by atoms with Gasteiger partial charge in [0.1, 0.15) is 6.29 Å². The van der Waals surface area contributed by atoms with Crippen LogP contribution in [0.2, 0.25) is 0 Å². The molecule has 1 heterocycles. The van der Waals surface area contributed by atoms with Crippen LogP contribution in [0.3, 0.4) is 0 Å². The quantitative estimate of drug-likeness (QED) is 0.489. The van der Waals surface area contributed by atoms with Gasteiger partial charge < -0.3 is 9.53 Å². The lowest BCUT2D eigenvalue weighted by Crippen LogP contribution is -2.04. The summed E-state index contributed by atoms with van der Waals surface area (Å²) in [5, 5.41) is 0. The van der Waals surface area contributed by atoms with Crippen LogP contribution in [0, 0.1) is 6.42 Å². The van der Waals surface area contributed by atoms with Gasteiger partial charge in [0.25, 0.3) is 0 Å². The minimum Gasteiger partial charge on any atom is -0.377 e. The molecule has 45 valence electrons. The third-order valence-electron chi connectivity index (χ3n) is 1.21. The molecule has 1 unspecified atom stereocenters. The van der Waals surface area contributed by atoms with E-state index in [1.807, 2.05) is 6.42 Å². The van der Waals surface area contributed by atoms with Crippen molar-refractivity contribution in [3.8, 4) is 0 Å². The third kappa shape index (κ3) is 1.30. The Kier molecular flexibility index (Phi) is 2.03. The lowest BCUT2D eigenvalue weighted by molar-refractivity contribution is -0.109. The number of carbonyl (C=O) groups is 1. The molecule has 1 fully saturated rings. The number of hydrogen-bond acceptors (Lipinski definition) is 2. The van der Waals surface area contributed by atoms with Crippen LogP contribution < -0.4 is 0 Å². The van der Waals surface area contributed by atoms with Crippen LogP contribution in [-0.4, -0.2) is 19.0 Å². The smallest absolute Gasteiger partial charge is 0.122 e. The molecule has 1 atom stereocenters. The van der Waals surface area contributed by atoms with Crippen molar-refractivity contribution in [3.63, 3.8) is 0 Å². The van der Waals surface area contributed by atoms with E-state index >= 15 is 0 Å². The van der Waals surface area contributed by atoms with E-state index < -0.39 is 0 Å². The number of aldehydes is 1. The highest BCUT2D eigenvalue weighted by Gasteiger charge is 2.13. The molecule has 0 aromatic carbocycles. The summed E-state index contributed by atoms with van der Waals surface area (Å²) < 4.78 is 5.11. The topological polar surface area (TPSA) is 26.3 Å². The Morgan fingerprint density at radius 3 is 3.25 bits per heavy atom. The van der Waals surface area contributed by atoms with Crippen LogP contribution in [0.4, 0.5) is 0 Å². The highest BCUT2D eigenvalue weighted by molar-refractivity contribution is 5.50. The molecule has 2 nitrogen and oxygen atoms in total. The fourth-order valence-corrected chi connectivity index (χ4v) is 0.800. The maximum atomic E-state index is 9.86. The number of hydrogen-bond donors (Lipinski definition) is 0. The first-order chi connectivity index (χ1) is 3.93. The summed E-state index contributed by atoms with van der Waals surface area (Å²) in [6.45, 7) is 0.790. The van der Waals surface area contributed by atoms with Crippen LogP contribution in [0.15, 0.2) is 0 Å². The molecule has 0 aromatic rings. The molecule has 0 amide bonds. The largest absolute Gasteiger partial charge is 0.377 e. The molecule has 1 rings (SSSR count). The summed E-state index contributed by atoms with van der Waals surface area (Å²) in [5.74, 6) is 0. The third-order valence-corrected chi connectivity index (χ3v) is 1.21. The lowest BCUT2D eigenvalue weighted by Gasteiger charge is -2.00. The maximum absolute atomic E-state index is 9.86. The summed E-state index contributed by atoms with van der Waals surface area (Å²) in [6.07, 6.45) is 4.58. The van der Waals surface area contributed by atoms with Gasteiger partial charge >= 0.3 is 0 Å². The zero-order valence-electron chi connectivity index (χ0n) is 4.67. The molecule has 0 aromatic heterocycles. The van der Waals surface area contributed by atoms with Gasteiger partial charge in [0.05, 0.1) is 6.10 Å². The molecule has 0 bridgehead atoms. The first kappa shape index (κ1) is 5.76. The van der Waals surface area contributed by atoms with E-state index in [0.29, 0.717) is 6.42 Å². The summed E-state index contributed by atoms with van der Waals surface area (Å²) >= 11 is 0. The van der Waals surface area contributed by atoms with Gasteiger partial charge in [-0.3, -0.25) is 0 Å². The maximum Gasteiger partial charge on any atom is 0.122 e. The Hall–Kier alpha value is -0.370. The lowest BCUT2D eigenvalue weighted by atomic mass is 10.2. The van der Waals surface area contributed by atoms with Crippen molar-refractivity contribution in [3.05, 3.63) is 6.42 Å². The summed E-state index contributed by atoms with van der Waals surface area (Å²) in [6, 6.07) is 0. The summed E-state index contributed by atoms with van der Waals surface area (Å²) in [7, 11) is 0. The Morgan fingerprint density at radius 1 is 1.88 bits per heavy atom. The van der Waals surface area contributed by atoms with Crippen molar-refractivity contribution in [2.75, 3.05) is 6.61 Å². The molecule has 0 N–H and O–H groups in total. The van der Waals surface area contributed by atoms with Crippen molar-refractivity contribution in [1.82, 2.24) is 0 Å². The molecule has 0 spiro atoms. The van der Waals surface area contributed by atoms with Crippen LogP contribution in [0.5, 0.6) is 0 Å². The Labute approximate surface area is 48.8 Å². The molecular formula is C6H9O2. The number of rotatable bonds is 2. The van der Waals surface area contributed by atoms with Crippen LogP contribution >= 0.6 is 0 Å². The molecular weight excluding hydrogens is 104 g/mol. The second-order valence-electron chi connectivity index (χ2n) is 1.84. The Morgan fingerprint density at radius 2 is 2.75 bits per heavy atom. The van der Waals surface area contributed by atoms with E-state index in [1.165, 1.54) is 0 Å². The Bertz CT molecular complexity index is 74.6. The first-order valence-corrected chi connectivity index (χ1v) is 2.82. The monoisotopic (exact) mass is 113 g/mol. The minimum atomic E-state index is 0.118. The molecule has 2 heteroatoms. The first-order valence-electron chi connectivity index (χ1n) is 2.82. The molecule has 0 aliphatic carbocycles. The molecule has 1 aliphatic rings. The summed E-state index contributed by atoms with van der Waals surface area (Å²) in [4.78, 5) is 9.86. The van der Waals surface area contributed by atoms with E-state index in [9.17, 15) is 4.79 Å². The van der Waals surface area contributed by atoms with E-state index in [4.69, 9.17) is 4.74 Å². The zero-order valence-corrected chi connectivity index (χ0v) is 4.67. The second-order valence-corrected chi connectivity index (χ2v) is 1.84. The Balaban J connectivity index is 2.14. The highest BCUT2D eigenvalue weighted by Crippen LogP contribution is 2.11. The molecule has 1 radical (unpaired) electrons. The second kappa shape index (κ2) is 2.82. The fourth-order valence-electron chi connectivity index (χ4n) is 0.800. The van der Waals surface area contributed by atoms with E-state index in [-0.39, 0.29) is 6.10 Å². The molecule has 1 saturated heterocycles. The van der Waals surface area contributed by atoms with Gasteiger partial charge in [-0.2, -0.15) is 0 Å². The summed E-state index contributed by atoms with van der Waals surface area (Å²) in [5.41, 5.74) is 0. The predicted octanol–water partition coefficient (Wildman–Crippen LogP) is 0.569.